The van der Waals surface area contributed by atoms with Crippen molar-refractivity contribution in [3.63, 3.8) is 0 Å². The summed E-state index contributed by atoms with van der Waals surface area (Å²) in [6.07, 6.45) is 3.73. The fourth-order valence-corrected chi connectivity index (χ4v) is 5.82. The third-order valence-corrected chi connectivity index (χ3v) is 7.04. The smallest absolute Gasteiger partial charge is 0.345 e. The summed E-state index contributed by atoms with van der Waals surface area (Å²) >= 11 is 0.941. The summed E-state index contributed by atoms with van der Waals surface area (Å²) in [6.45, 7) is 0.734. The molecule has 8 heteroatoms. The minimum absolute atomic E-state index is 0.0279. The second kappa shape index (κ2) is 5.68. The van der Waals surface area contributed by atoms with Crippen LogP contribution in [0.3, 0.4) is 0 Å². The van der Waals surface area contributed by atoms with E-state index in [1.54, 1.807) is 0 Å². The second-order valence-electron chi connectivity index (χ2n) is 5.33. The van der Waals surface area contributed by atoms with Crippen molar-refractivity contribution in [1.82, 2.24) is 4.31 Å². The van der Waals surface area contributed by atoms with Crippen LogP contribution in [0.1, 0.15) is 35.4 Å². The van der Waals surface area contributed by atoms with E-state index in [0.717, 1.165) is 37.0 Å². The van der Waals surface area contributed by atoms with E-state index >= 15 is 0 Å². The molecule has 2 heterocycles. The Balaban J connectivity index is 1.90. The molecule has 21 heavy (non-hydrogen) atoms. The predicted octanol–water partition coefficient (Wildman–Crippen LogP) is 1.78. The molecule has 1 aliphatic carbocycles. The Morgan fingerprint density at radius 3 is 2.86 bits per heavy atom. The number of aromatic carboxylic acids is 1. The van der Waals surface area contributed by atoms with Crippen molar-refractivity contribution in [2.75, 3.05) is 13.2 Å². The van der Waals surface area contributed by atoms with Crippen LogP contribution in [-0.4, -0.2) is 49.1 Å². The van der Waals surface area contributed by atoms with Crippen LogP contribution < -0.4 is 0 Å². The van der Waals surface area contributed by atoms with Gasteiger partial charge >= 0.3 is 5.97 Å². The third kappa shape index (κ3) is 2.73. The van der Waals surface area contributed by atoms with Gasteiger partial charge in [0.15, 0.2) is 0 Å². The van der Waals surface area contributed by atoms with Crippen molar-refractivity contribution >= 4 is 27.3 Å². The first-order chi connectivity index (χ1) is 10.00. The number of hydrogen-bond acceptors (Lipinski definition) is 5. The molecule has 0 radical (unpaired) electrons. The van der Waals surface area contributed by atoms with E-state index in [9.17, 15) is 13.2 Å². The molecule has 0 spiro atoms. The van der Waals surface area contributed by atoms with Crippen molar-refractivity contribution in [3.8, 4) is 0 Å². The number of fused-ring (bicyclic) bond motifs is 1. The van der Waals surface area contributed by atoms with Crippen LogP contribution in [0.4, 0.5) is 0 Å². The molecule has 1 aromatic rings. The Bertz CT molecular complexity index is 637. The number of carboxylic acids is 1. The highest BCUT2D eigenvalue weighted by atomic mass is 32.2. The number of sulfonamides is 1. The van der Waals surface area contributed by atoms with E-state index in [1.807, 2.05) is 0 Å². The highest BCUT2D eigenvalue weighted by molar-refractivity contribution is 7.89. The molecule has 2 atom stereocenters. The predicted molar refractivity (Wildman–Crippen MR) is 77.2 cm³/mol. The number of thiophene rings is 1. The van der Waals surface area contributed by atoms with Crippen molar-refractivity contribution in [3.05, 3.63) is 16.3 Å². The Morgan fingerprint density at radius 1 is 1.38 bits per heavy atom. The number of hydrogen-bond donors (Lipinski definition) is 1. The zero-order chi connectivity index (χ0) is 15.0. The molecule has 0 aromatic carbocycles. The summed E-state index contributed by atoms with van der Waals surface area (Å²) in [5, 5.41) is 10.4. The molecule has 116 valence electrons. The molecule has 0 amide bonds. The number of carboxylic acid groups (broad SMARTS) is 1. The monoisotopic (exact) mass is 331 g/mol. The first kappa shape index (κ1) is 15.0. The van der Waals surface area contributed by atoms with Gasteiger partial charge in [0.1, 0.15) is 4.88 Å². The van der Waals surface area contributed by atoms with Gasteiger partial charge in [-0.25, -0.2) is 13.2 Å². The molecule has 6 nitrogen and oxygen atoms in total. The minimum Gasteiger partial charge on any atom is -0.477 e. The van der Waals surface area contributed by atoms with Gasteiger partial charge in [-0.15, -0.1) is 11.3 Å². The van der Waals surface area contributed by atoms with Gasteiger partial charge in [0.05, 0.1) is 23.6 Å². The number of morpholine rings is 1. The van der Waals surface area contributed by atoms with Crippen molar-refractivity contribution in [2.45, 2.75) is 42.7 Å². The average Bonchev–Trinajstić information content (AvgIpc) is 2.97. The maximum absolute atomic E-state index is 12.8. The first-order valence-corrected chi connectivity index (χ1v) is 9.27. The third-order valence-electron chi connectivity index (χ3n) is 4.07. The summed E-state index contributed by atoms with van der Waals surface area (Å²) in [6, 6.07) is 1.13. The van der Waals surface area contributed by atoms with Crippen LogP contribution in [0, 0.1) is 0 Å². The quantitative estimate of drug-likeness (QED) is 0.913. The fraction of sp³-hybridized carbons (Fsp3) is 0.615. The topological polar surface area (TPSA) is 83.9 Å². The lowest BCUT2D eigenvalue weighted by atomic mass is 9.91. The largest absolute Gasteiger partial charge is 0.477 e. The summed E-state index contributed by atoms with van der Waals surface area (Å²) in [4.78, 5) is 11.1. The normalized spacial score (nSPS) is 27.2. The van der Waals surface area contributed by atoms with Crippen LogP contribution in [0.25, 0.3) is 0 Å². The maximum Gasteiger partial charge on any atom is 0.345 e. The summed E-state index contributed by atoms with van der Waals surface area (Å²) in [7, 11) is -3.64. The Morgan fingerprint density at radius 2 is 2.14 bits per heavy atom. The Hall–Kier alpha value is -0.960. The van der Waals surface area contributed by atoms with Gasteiger partial charge in [0, 0.05) is 11.9 Å². The fourth-order valence-electron chi connectivity index (χ4n) is 3.06. The molecule has 2 fully saturated rings. The lowest BCUT2D eigenvalue weighted by Crippen LogP contribution is -2.54. The molecule has 1 saturated heterocycles. The number of rotatable bonds is 3. The molecule has 3 rings (SSSR count). The lowest BCUT2D eigenvalue weighted by molar-refractivity contribution is -0.0586. The van der Waals surface area contributed by atoms with E-state index in [2.05, 4.69) is 0 Å². The van der Waals surface area contributed by atoms with E-state index in [1.165, 1.54) is 15.8 Å². The molecular weight excluding hydrogens is 314 g/mol. The molecule has 2 aliphatic rings. The molecule has 1 aliphatic heterocycles. The highest BCUT2D eigenvalue weighted by Gasteiger charge is 2.41. The Kier molecular flexibility index (Phi) is 4.04. The van der Waals surface area contributed by atoms with Gasteiger partial charge in [-0.1, -0.05) is 12.8 Å². The second-order valence-corrected chi connectivity index (χ2v) is 8.13. The van der Waals surface area contributed by atoms with Gasteiger partial charge in [-0.2, -0.15) is 4.31 Å². The van der Waals surface area contributed by atoms with Crippen LogP contribution >= 0.6 is 11.3 Å². The average molecular weight is 331 g/mol. The van der Waals surface area contributed by atoms with Gasteiger partial charge in [0.2, 0.25) is 10.0 Å². The molecule has 1 aromatic heterocycles. The molecule has 0 bridgehead atoms. The minimum atomic E-state index is -3.64. The molecule has 2 unspecified atom stereocenters. The standard InChI is InChI=1S/C13H17NO5S2/c15-13(16)12-7-9(8-20-12)21(17,18)14-5-6-19-11-4-2-1-3-10(11)14/h7-8,10-11H,1-6H2,(H,15,16). The lowest BCUT2D eigenvalue weighted by Gasteiger charge is -2.42. The summed E-state index contributed by atoms with van der Waals surface area (Å²) in [5.41, 5.74) is 0. The van der Waals surface area contributed by atoms with Gasteiger partial charge in [-0.3, -0.25) is 0 Å². The van der Waals surface area contributed by atoms with Crippen LogP contribution in [0.15, 0.2) is 16.3 Å². The Labute approximate surface area is 127 Å². The first-order valence-electron chi connectivity index (χ1n) is 6.95. The highest BCUT2D eigenvalue weighted by Crippen LogP contribution is 2.33. The number of nitrogens with zero attached hydrogens (tertiary/aromatic N) is 1. The zero-order valence-electron chi connectivity index (χ0n) is 11.4. The van der Waals surface area contributed by atoms with Crippen LogP contribution in [0.2, 0.25) is 0 Å². The summed E-state index contributed by atoms with van der Waals surface area (Å²) in [5.74, 6) is -1.10. The van der Waals surface area contributed by atoms with Crippen molar-refractivity contribution in [1.29, 1.82) is 0 Å². The van der Waals surface area contributed by atoms with Gasteiger partial charge in [-0.05, 0) is 18.9 Å². The number of carbonyl (C=O) groups is 1. The van der Waals surface area contributed by atoms with Gasteiger partial charge in [0.25, 0.3) is 0 Å². The molecular formula is C13H17NO5S2. The van der Waals surface area contributed by atoms with E-state index < -0.39 is 16.0 Å². The van der Waals surface area contributed by atoms with Crippen molar-refractivity contribution in [2.24, 2.45) is 0 Å². The van der Waals surface area contributed by atoms with Gasteiger partial charge < -0.3 is 9.84 Å². The SMILES string of the molecule is O=C(O)c1cc(S(=O)(=O)N2CCOC3CCCCC32)cs1. The van der Waals surface area contributed by atoms with E-state index in [4.69, 9.17) is 9.84 Å². The molecule has 1 saturated carbocycles. The zero-order valence-corrected chi connectivity index (χ0v) is 13.0. The summed E-state index contributed by atoms with van der Waals surface area (Å²) < 4.78 is 32.7. The van der Waals surface area contributed by atoms with Crippen LogP contribution in [0.5, 0.6) is 0 Å². The maximum atomic E-state index is 12.8. The van der Waals surface area contributed by atoms with E-state index in [-0.39, 0.29) is 21.9 Å². The van der Waals surface area contributed by atoms with Crippen molar-refractivity contribution < 1.29 is 23.1 Å². The van der Waals surface area contributed by atoms with Crippen LogP contribution in [-0.2, 0) is 14.8 Å². The number of ether oxygens (including phenoxy) is 1. The molecule has 1 N–H and O–H groups in total. The van der Waals surface area contributed by atoms with E-state index in [0.29, 0.717) is 13.2 Å².